The first-order chi connectivity index (χ1) is 11.4. The largest absolute Gasteiger partial charge is 0.375 e. The highest BCUT2D eigenvalue weighted by atomic mass is 19.2. The van der Waals surface area contributed by atoms with E-state index in [1.807, 2.05) is 19.1 Å². The van der Waals surface area contributed by atoms with Gasteiger partial charge >= 0.3 is 0 Å². The maximum atomic E-state index is 13.5. The van der Waals surface area contributed by atoms with Crippen LogP contribution in [0.25, 0.3) is 0 Å². The van der Waals surface area contributed by atoms with Gasteiger partial charge in [0, 0.05) is 36.2 Å². The Bertz CT molecular complexity index is 724. The predicted octanol–water partition coefficient (Wildman–Crippen LogP) is 5.02. The number of hydrogen-bond donors (Lipinski definition) is 1. The SMILES string of the molecule is C=C(C)N1CC(Cc2ccc(Nc3cc(C)c(F)c(F)c3)cc2)C1. The van der Waals surface area contributed by atoms with Crippen LogP contribution in [0.4, 0.5) is 20.2 Å². The summed E-state index contributed by atoms with van der Waals surface area (Å²) in [6.45, 7) is 9.69. The first-order valence-corrected chi connectivity index (χ1v) is 8.14. The Labute approximate surface area is 141 Å². The molecule has 0 bridgehead atoms. The lowest BCUT2D eigenvalue weighted by Crippen LogP contribution is -2.45. The molecule has 0 saturated carbocycles. The topological polar surface area (TPSA) is 15.3 Å². The number of nitrogens with one attached hydrogen (secondary N) is 1. The van der Waals surface area contributed by atoms with E-state index in [2.05, 4.69) is 28.9 Å². The molecule has 0 spiro atoms. The third-order valence-corrected chi connectivity index (χ3v) is 4.47. The monoisotopic (exact) mass is 328 g/mol. The fourth-order valence-electron chi connectivity index (χ4n) is 3.03. The van der Waals surface area contributed by atoms with E-state index in [1.165, 1.54) is 11.6 Å². The highest BCUT2D eigenvalue weighted by Gasteiger charge is 2.25. The summed E-state index contributed by atoms with van der Waals surface area (Å²) in [5, 5.41) is 3.12. The van der Waals surface area contributed by atoms with Crippen molar-refractivity contribution in [2.75, 3.05) is 18.4 Å². The van der Waals surface area contributed by atoms with Crippen LogP contribution >= 0.6 is 0 Å². The number of hydrogen-bond acceptors (Lipinski definition) is 2. The third kappa shape index (κ3) is 3.58. The molecule has 1 fully saturated rings. The number of rotatable bonds is 5. The van der Waals surface area contributed by atoms with Crippen molar-refractivity contribution in [2.45, 2.75) is 20.3 Å². The number of benzene rings is 2. The van der Waals surface area contributed by atoms with Gasteiger partial charge < -0.3 is 10.2 Å². The molecule has 24 heavy (non-hydrogen) atoms. The van der Waals surface area contributed by atoms with Gasteiger partial charge in [-0.05, 0) is 55.5 Å². The van der Waals surface area contributed by atoms with Crippen molar-refractivity contribution in [3.8, 4) is 0 Å². The van der Waals surface area contributed by atoms with E-state index in [-0.39, 0.29) is 0 Å². The van der Waals surface area contributed by atoms with Gasteiger partial charge in [-0.2, -0.15) is 0 Å². The Morgan fingerprint density at radius 2 is 1.83 bits per heavy atom. The van der Waals surface area contributed by atoms with E-state index in [4.69, 9.17) is 0 Å². The second kappa shape index (κ2) is 6.63. The molecular formula is C20H22F2N2. The van der Waals surface area contributed by atoms with Crippen molar-refractivity contribution in [3.63, 3.8) is 0 Å². The summed E-state index contributed by atoms with van der Waals surface area (Å²) in [5.74, 6) is -0.948. The van der Waals surface area contributed by atoms with Crippen LogP contribution in [0, 0.1) is 24.5 Å². The summed E-state index contributed by atoms with van der Waals surface area (Å²) in [6, 6.07) is 10.9. The summed E-state index contributed by atoms with van der Waals surface area (Å²) in [6.07, 6.45) is 1.05. The van der Waals surface area contributed by atoms with Gasteiger partial charge in [0.05, 0.1) is 0 Å². The molecule has 0 radical (unpaired) electrons. The summed E-state index contributed by atoms with van der Waals surface area (Å²) < 4.78 is 26.8. The smallest absolute Gasteiger partial charge is 0.161 e. The molecule has 2 aromatic rings. The van der Waals surface area contributed by atoms with Crippen LogP contribution in [0.5, 0.6) is 0 Å². The maximum Gasteiger partial charge on any atom is 0.161 e. The minimum atomic E-state index is -0.832. The molecular weight excluding hydrogens is 306 g/mol. The Morgan fingerprint density at radius 3 is 2.42 bits per heavy atom. The zero-order valence-corrected chi connectivity index (χ0v) is 14.1. The maximum absolute atomic E-state index is 13.5. The van der Waals surface area contributed by atoms with Crippen molar-refractivity contribution in [2.24, 2.45) is 5.92 Å². The molecule has 2 nitrogen and oxygen atoms in total. The Morgan fingerprint density at radius 1 is 1.17 bits per heavy atom. The van der Waals surface area contributed by atoms with Gasteiger partial charge in [-0.15, -0.1) is 0 Å². The van der Waals surface area contributed by atoms with Crippen LogP contribution in [0.2, 0.25) is 0 Å². The number of halogens is 2. The second-order valence-corrected chi connectivity index (χ2v) is 6.62. The highest BCUT2D eigenvalue weighted by molar-refractivity contribution is 5.60. The fraction of sp³-hybridized carbons (Fsp3) is 0.300. The number of allylic oxidation sites excluding steroid dienone is 1. The zero-order valence-electron chi connectivity index (χ0n) is 14.1. The molecule has 2 aromatic carbocycles. The lowest BCUT2D eigenvalue weighted by molar-refractivity contribution is 0.144. The van der Waals surface area contributed by atoms with Crippen molar-refractivity contribution >= 4 is 11.4 Å². The average Bonchev–Trinajstić information content (AvgIpc) is 2.49. The molecule has 4 heteroatoms. The third-order valence-electron chi connectivity index (χ3n) is 4.47. The Balaban J connectivity index is 1.60. The van der Waals surface area contributed by atoms with Gasteiger partial charge in [-0.3, -0.25) is 0 Å². The van der Waals surface area contributed by atoms with Crippen LogP contribution in [-0.4, -0.2) is 18.0 Å². The predicted molar refractivity (Wildman–Crippen MR) is 94.4 cm³/mol. The summed E-state index contributed by atoms with van der Waals surface area (Å²) >= 11 is 0. The molecule has 0 atom stereocenters. The van der Waals surface area contributed by atoms with Crippen LogP contribution in [0.1, 0.15) is 18.1 Å². The summed E-state index contributed by atoms with van der Waals surface area (Å²) in [4.78, 5) is 2.28. The fourth-order valence-corrected chi connectivity index (χ4v) is 3.03. The molecule has 0 unspecified atom stereocenters. The molecule has 1 heterocycles. The molecule has 0 amide bonds. The summed E-state index contributed by atoms with van der Waals surface area (Å²) in [5.41, 5.74) is 4.12. The van der Waals surface area contributed by atoms with Gasteiger partial charge in [-0.1, -0.05) is 18.7 Å². The van der Waals surface area contributed by atoms with Gasteiger partial charge in [0.1, 0.15) is 0 Å². The first kappa shape index (κ1) is 16.5. The van der Waals surface area contributed by atoms with E-state index in [1.54, 1.807) is 13.0 Å². The molecule has 126 valence electrons. The van der Waals surface area contributed by atoms with E-state index in [0.717, 1.165) is 30.9 Å². The number of likely N-dealkylation sites (tertiary alicyclic amines) is 1. The second-order valence-electron chi connectivity index (χ2n) is 6.62. The Kier molecular flexibility index (Phi) is 4.56. The minimum absolute atomic E-state index is 0.293. The zero-order chi connectivity index (χ0) is 17.3. The Hall–Kier alpha value is -2.36. The first-order valence-electron chi connectivity index (χ1n) is 8.14. The molecule has 0 aromatic heterocycles. The van der Waals surface area contributed by atoms with Crippen LogP contribution in [0.15, 0.2) is 48.7 Å². The van der Waals surface area contributed by atoms with Crippen LogP contribution in [-0.2, 0) is 6.42 Å². The number of nitrogens with zero attached hydrogens (tertiary/aromatic N) is 1. The van der Waals surface area contributed by atoms with Crippen molar-refractivity contribution in [1.82, 2.24) is 4.90 Å². The van der Waals surface area contributed by atoms with E-state index < -0.39 is 11.6 Å². The van der Waals surface area contributed by atoms with E-state index in [9.17, 15) is 8.78 Å². The van der Waals surface area contributed by atoms with Crippen molar-refractivity contribution < 1.29 is 8.78 Å². The van der Waals surface area contributed by atoms with Crippen molar-refractivity contribution in [3.05, 3.63) is 71.4 Å². The number of anilines is 2. The molecule has 1 N–H and O–H groups in total. The summed E-state index contributed by atoms with van der Waals surface area (Å²) in [7, 11) is 0. The molecule has 1 saturated heterocycles. The highest BCUT2D eigenvalue weighted by Crippen LogP contribution is 2.25. The molecule has 3 rings (SSSR count). The van der Waals surface area contributed by atoms with Gasteiger partial charge in [0.15, 0.2) is 11.6 Å². The van der Waals surface area contributed by atoms with Crippen LogP contribution in [0.3, 0.4) is 0 Å². The van der Waals surface area contributed by atoms with E-state index >= 15 is 0 Å². The lowest BCUT2D eigenvalue weighted by atomic mass is 9.92. The van der Waals surface area contributed by atoms with E-state index in [0.29, 0.717) is 17.2 Å². The van der Waals surface area contributed by atoms with Crippen LogP contribution < -0.4 is 5.32 Å². The molecule has 0 aliphatic carbocycles. The lowest BCUT2D eigenvalue weighted by Gasteiger charge is -2.41. The number of aryl methyl sites for hydroxylation is 1. The average molecular weight is 328 g/mol. The standard InChI is InChI=1S/C20H22F2N2/c1-13(2)24-11-16(12-24)9-15-4-6-17(7-5-15)23-18-8-14(3)20(22)19(21)10-18/h4-8,10,16,23H,1,9,11-12H2,2-3H3. The quantitative estimate of drug-likeness (QED) is 0.828. The normalized spacial score (nSPS) is 14.4. The van der Waals surface area contributed by atoms with Gasteiger partial charge in [0.2, 0.25) is 0 Å². The van der Waals surface area contributed by atoms with Gasteiger partial charge in [-0.25, -0.2) is 8.78 Å². The minimum Gasteiger partial charge on any atom is -0.375 e. The van der Waals surface area contributed by atoms with Gasteiger partial charge in [0.25, 0.3) is 0 Å². The van der Waals surface area contributed by atoms with Crippen molar-refractivity contribution in [1.29, 1.82) is 0 Å². The molecule has 1 aliphatic heterocycles. The molecule has 1 aliphatic rings.